The van der Waals surface area contributed by atoms with Crippen LogP contribution in [0.4, 0.5) is 17.6 Å². The molecule has 12 heavy (non-hydrogen) atoms. The van der Waals surface area contributed by atoms with E-state index >= 15 is 0 Å². The van der Waals surface area contributed by atoms with Gasteiger partial charge in [0.15, 0.2) is 0 Å². The van der Waals surface area contributed by atoms with Crippen LogP contribution in [0.3, 0.4) is 0 Å². The van der Waals surface area contributed by atoms with Gasteiger partial charge in [0.05, 0.1) is 0 Å². The summed E-state index contributed by atoms with van der Waals surface area (Å²) in [6.45, 7) is 0. The molecular weight excluding hydrogens is 355 g/mol. The largest absolute Gasteiger partial charge is 0.363 e. The molecule has 0 aromatic carbocycles. The van der Waals surface area contributed by atoms with Crippen molar-refractivity contribution in [2.45, 2.75) is 30.0 Å². The first-order chi connectivity index (χ1) is 5.31. The van der Waals surface area contributed by atoms with E-state index in [1.807, 2.05) is 22.6 Å². The number of hydrogen-bond acceptors (Lipinski definition) is 0. The molecule has 0 unspecified atom stereocenters. The summed E-state index contributed by atoms with van der Waals surface area (Å²) in [6.07, 6.45) is -0.107. The van der Waals surface area contributed by atoms with Gasteiger partial charge in [-0.25, -0.2) is 0 Å². The van der Waals surface area contributed by atoms with Gasteiger partial charge in [-0.1, -0.05) is 22.6 Å². The molecule has 0 radical (unpaired) electrons. The highest BCUT2D eigenvalue weighted by Crippen LogP contribution is 2.42. The second kappa shape index (κ2) is 4.97. The third-order valence-corrected chi connectivity index (χ3v) is 2.63. The molecular formula is C6H8BrF4I. The van der Waals surface area contributed by atoms with Crippen LogP contribution in [-0.4, -0.2) is 15.2 Å². The Morgan fingerprint density at radius 3 is 1.92 bits per heavy atom. The maximum absolute atomic E-state index is 12.5. The van der Waals surface area contributed by atoms with Crippen molar-refractivity contribution in [3.63, 3.8) is 0 Å². The molecule has 0 saturated carbocycles. The summed E-state index contributed by atoms with van der Waals surface area (Å²) in [5, 5.41) is 0. The zero-order valence-electron chi connectivity index (χ0n) is 6.10. The van der Waals surface area contributed by atoms with Crippen molar-refractivity contribution in [2.75, 3.05) is 4.43 Å². The van der Waals surface area contributed by atoms with Crippen molar-refractivity contribution in [2.24, 2.45) is 0 Å². The van der Waals surface area contributed by atoms with Crippen molar-refractivity contribution < 1.29 is 17.6 Å². The Labute approximate surface area is 90.4 Å². The normalized spacial score (nSPS) is 13.5. The van der Waals surface area contributed by atoms with E-state index in [4.69, 9.17) is 0 Å². The fraction of sp³-hybridized carbons (Fsp3) is 1.00. The lowest BCUT2D eigenvalue weighted by Crippen LogP contribution is -2.34. The van der Waals surface area contributed by atoms with Gasteiger partial charge < -0.3 is 0 Å². The monoisotopic (exact) mass is 362 g/mol. The highest BCUT2D eigenvalue weighted by Gasteiger charge is 2.53. The molecule has 6 heteroatoms. The number of unbranched alkanes of at least 4 members (excludes halogenated alkanes) is 1. The first-order valence-electron chi connectivity index (χ1n) is 3.32. The molecule has 0 atom stereocenters. The molecule has 0 aromatic rings. The van der Waals surface area contributed by atoms with E-state index in [9.17, 15) is 17.6 Å². The fourth-order valence-electron chi connectivity index (χ4n) is 0.583. The Bertz CT molecular complexity index is 134. The Hall–Kier alpha value is 0.930. The highest BCUT2D eigenvalue weighted by atomic mass is 127. The molecule has 0 nitrogen and oxygen atoms in total. The van der Waals surface area contributed by atoms with Gasteiger partial charge >= 0.3 is 10.8 Å². The summed E-state index contributed by atoms with van der Waals surface area (Å²) in [6, 6.07) is 0. The van der Waals surface area contributed by atoms with Gasteiger partial charge in [-0.3, -0.25) is 0 Å². The first-order valence-corrected chi connectivity index (χ1v) is 5.63. The van der Waals surface area contributed by atoms with E-state index in [1.165, 1.54) is 0 Å². The summed E-state index contributed by atoms with van der Waals surface area (Å²) < 4.78 is 49.8. The minimum atomic E-state index is -4.08. The number of rotatable bonds is 5. The van der Waals surface area contributed by atoms with Crippen LogP contribution in [0.1, 0.15) is 19.3 Å². The molecule has 0 aliphatic rings. The van der Waals surface area contributed by atoms with E-state index in [0.29, 0.717) is 10.8 Å². The summed E-state index contributed by atoms with van der Waals surface area (Å²) >= 11 is 3.68. The predicted molar refractivity (Wildman–Crippen MR) is 51.6 cm³/mol. The average Bonchev–Trinajstić information content (AvgIpc) is 1.85. The van der Waals surface area contributed by atoms with Crippen molar-refractivity contribution in [3.8, 4) is 0 Å². The third kappa shape index (κ3) is 4.25. The Kier molecular flexibility index (Phi) is 5.36. The van der Waals surface area contributed by atoms with Crippen LogP contribution in [0.15, 0.2) is 0 Å². The second-order valence-corrected chi connectivity index (χ2v) is 4.42. The van der Waals surface area contributed by atoms with Crippen molar-refractivity contribution in [1.29, 1.82) is 0 Å². The van der Waals surface area contributed by atoms with Gasteiger partial charge in [0.25, 0.3) is 0 Å². The average molecular weight is 363 g/mol. The lowest BCUT2D eigenvalue weighted by atomic mass is 10.1. The van der Waals surface area contributed by atoms with Crippen LogP contribution in [-0.2, 0) is 0 Å². The summed E-state index contributed by atoms with van der Waals surface area (Å²) in [7, 11) is 0. The van der Waals surface area contributed by atoms with Crippen LogP contribution in [0.2, 0.25) is 0 Å². The zero-order valence-corrected chi connectivity index (χ0v) is 9.84. The van der Waals surface area contributed by atoms with E-state index in [1.54, 1.807) is 15.9 Å². The predicted octanol–water partition coefficient (Wildman–Crippen LogP) is 4.21. The lowest BCUT2D eigenvalue weighted by Gasteiger charge is -2.20. The fourth-order valence-corrected chi connectivity index (χ4v) is 1.32. The molecule has 0 aliphatic carbocycles. The van der Waals surface area contributed by atoms with E-state index in [2.05, 4.69) is 0 Å². The van der Waals surface area contributed by atoms with Gasteiger partial charge in [-0.2, -0.15) is 17.6 Å². The highest BCUT2D eigenvalue weighted by molar-refractivity contribution is 14.1. The second-order valence-electron chi connectivity index (χ2n) is 2.35. The molecule has 0 N–H and O–H groups in total. The van der Waals surface area contributed by atoms with Gasteiger partial charge in [0.1, 0.15) is 0 Å². The van der Waals surface area contributed by atoms with E-state index < -0.39 is 17.2 Å². The number of halogens is 6. The van der Waals surface area contributed by atoms with Gasteiger partial charge in [0, 0.05) is 6.42 Å². The van der Waals surface area contributed by atoms with Gasteiger partial charge in [-0.15, -0.1) is 0 Å². The minimum Gasteiger partial charge on any atom is -0.199 e. The molecule has 0 aliphatic heterocycles. The maximum Gasteiger partial charge on any atom is 0.363 e. The zero-order chi connectivity index (χ0) is 9.83. The Balaban J connectivity index is 3.88. The van der Waals surface area contributed by atoms with Crippen LogP contribution in [0, 0.1) is 0 Å². The van der Waals surface area contributed by atoms with Gasteiger partial charge in [-0.05, 0) is 33.2 Å². The lowest BCUT2D eigenvalue weighted by molar-refractivity contribution is -0.151. The van der Waals surface area contributed by atoms with Gasteiger partial charge in [0.2, 0.25) is 0 Å². The molecule has 0 bridgehead atoms. The van der Waals surface area contributed by atoms with E-state index in [0.717, 1.165) is 0 Å². The molecule has 0 fully saturated rings. The molecule has 0 amide bonds. The summed E-state index contributed by atoms with van der Waals surface area (Å²) in [5.41, 5.74) is 0. The number of hydrogen-bond donors (Lipinski definition) is 0. The maximum atomic E-state index is 12.5. The van der Waals surface area contributed by atoms with Crippen LogP contribution >= 0.6 is 38.5 Å². The van der Waals surface area contributed by atoms with Crippen LogP contribution < -0.4 is 0 Å². The quantitative estimate of drug-likeness (QED) is 0.297. The standard InChI is InChI=1S/C6H8BrF4I/c7-6(10,11)5(8,9)3-1-2-4-12/h1-4H2. The molecule has 0 saturated heterocycles. The topological polar surface area (TPSA) is 0 Å². The van der Waals surface area contributed by atoms with Crippen LogP contribution in [0.25, 0.3) is 0 Å². The van der Waals surface area contributed by atoms with Crippen molar-refractivity contribution in [3.05, 3.63) is 0 Å². The molecule has 0 aromatic heterocycles. The third-order valence-electron chi connectivity index (χ3n) is 1.29. The van der Waals surface area contributed by atoms with Crippen molar-refractivity contribution >= 4 is 38.5 Å². The van der Waals surface area contributed by atoms with Crippen molar-refractivity contribution in [1.82, 2.24) is 0 Å². The Morgan fingerprint density at radius 2 is 1.58 bits per heavy atom. The Morgan fingerprint density at radius 1 is 1.08 bits per heavy atom. The molecule has 0 heterocycles. The molecule has 74 valence electrons. The number of alkyl halides is 6. The SMILES string of the molecule is FC(F)(Br)C(F)(F)CCCCI. The summed E-state index contributed by atoms with van der Waals surface area (Å²) in [5.74, 6) is -3.93. The minimum absolute atomic E-state index is 0.122. The molecule has 0 rings (SSSR count). The van der Waals surface area contributed by atoms with E-state index in [-0.39, 0.29) is 6.42 Å². The molecule has 0 spiro atoms. The first kappa shape index (κ1) is 12.9. The van der Waals surface area contributed by atoms with Crippen LogP contribution in [0.5, 0.6) is 0 Å². The summed E-state index contributed by atoms with van der Waals surface area (Å²) in [4.78, 5) is -4.08. The smallest absolute Gasteiger partial charge is 0.199 e.